The minimum atomic E-state index is -4.47. The summed E-state index contributed by atoms with van der Waals surface area (Å²) in [4.78, 5) is 0. The van der Waals surface area contributed by atoms with Crippen LogP contribution >= 0.6 is 15.9 Å². The summed E-state index contributed by atoms with van der Waals surface area (Å²) in [6.45, 7) is 0. The minimum absolute atomic E-state index is 0.110. The van der Waals surface area contributed by atoms with Crippen LogP contribution in [0.2, 0.25) is 0 Å². The summed E-state index contributed by atoms with van der Waals surface area (Å²) in [5.74, 6) is -0.543. The molecular weight excluding hydrogens is 340 g/mol. The van der Waals surface area contributed by atoms with E-state index < -0.39 is 17.6 Å². The van der Waals surface area contributed by atoms with Gasteiger partial charge >= 0.3 is 6.18 Å². The normalized spacial score (nSPS) is 11.4. The van der Waals surface area contributed by atoms with E-state index in [1.165, 1.54) is 12.1 Å². The molecule has 0 fully saturated rings. The van der Waals surface area contributed by atoms with E-state index in [1.807, 2.05) is 0 Å². The van der Waals surface area contributed by atoms with E-state index in [0.717, 1.165) is 18.2 Å². The van der Waals surface area contributed by atoms with Crippen LogP contribution in [0.4, 0.5) is 34.6 Å². The van der Waals surface area contributed by atoms with Crippen LogP contribution in [-0.4, -0.2) is 0 Å². The first kappa shape index (κ1) is 14.6. The van der Waals surface area contributed by atoms with Crippen LogP contribution in [0.1, 0.15) is 5.56 Å². The predicted molar refractivity (Wildman–Crippen MR) is 73.2 cm³/mol. The Bertz CT molecular complexity index is 621. The largest absolute Gasteiger partial charge is 0.416 e. The Labute approximate surface area is 120 Å². The second-order valence-electron chi connectivity index (χ2n) is 4.02. The Balaban J connectivity index is 2.36. The van der Waals surface area contributed by atoms with Crippen LogP contribution in [0.25, 0.3) is 0 Å². The third-order valence-electron chi connectivity index (χ3n) is 2.60. The van der Waals surface area contributed by atoms with E-state index >= 15 is 0 Å². The van der Waals surface area contributed by atoms with Crippen molar-refractivity contribution in [1.82, 2.24) is 0 Å². The molecule has 0 saturated carbocycles. The molecule has 2 aromatic carbocycles. The summed E-state index contributed by atoms with van der Waals surface area (Å²) in [5.41, 5.74) is 4.90. The molecule has 20 heavy (non-hydrogen) atoms. The first-order chi connectivity index (χ1) is 9.29. The van der Waals surface area contributed by atoms with Crippen LogP contribution in [0, 0.1) is 5.82 Å². The highest BCUT2D eigenvalue weighted by molar-refractivity contribution is 9.10. The van der Waals surface area contributed by atoms with Crippen LogP contribution in [0.5, 0.6) is 0 Å². The first-order valence-electron chi connectivity index (χ1n) is 5.47. The molecule has 0 amide bonds. The maximum atomic E-state index is 13.6. The molecule has 0 aliphatic rings. The molecule has 106 valence electrons. The lowest BCUT2D eigenvalue weighted by Crippen LogP contribution is -2.07. The van der Waals surface area contributed by atoms with Gasteiger partial charge in [-0.25, -0.2) is 4.39 Å². The van der Waals surface area contributed by atoms with Gasteiger partial charge < -0.3 is 11.1 Å². The molecule has 0 aromatic heterocycles. The molecule has 0 atom stereocenters. The van der Waals surface area contributed by atoms with Gasteiger partial charge in [0.05, 0.1) is 22.6 Å². The van der Waals surface area contributed by atoms with E-state index in [2.05, 4.69) is 21.2 Å². The van der Waals surface area contributed by atoms with Gasteiger partial charge in [-0.3, -0.25) is 0 Å². The monoisotopic (exact) mass is 348 g/mol. The molecule has 0 unspecified atom stereocenters. The molecule has 0 aliphatic carbocycles. The lowest BCUT2D eigenvalue weighted by molar-refractivity contribution is -0.137. The summed E-state index contributed by atoms with van der Waals surface area (Å²) in [6.07, 6.45) is -4.47. The molecule has 3 N–H and O–H groups in total. The zero-order valence-electron chi connectivity index (χ0n) is 9.93. The number of alkyl halides is 3. The van der Waals surface area contributed by atoms with Crippen molar-refractivity contribution in [2.45, 2.75) is 6.18 Å². The van der Waals surface area contributed by atoms with Crippen molar-refractivity contribution in [3.05, 3.63) is 52.3 Å². The smallest absolute Gasteiger partial charge is 0.397 e. The van der Waals surface area contributed by atoms with Gasteiger partial charge in [-0.2, -0.15) is 13.2 Å². The zero-order valence-corrected chi connectivity index (χ0v) is 11.5. The van der Waals surface area contributed by atoms with E-state index in [1.54, 1.807) is 6.07 Å². The molecule has 0 aliphatic heterocycles. The maximum Gasteiger partial charge on any atom is 0.416 e. The molecule has 0 bridgehead atoms. The lowest BCUT2D eigenvalue weighted by atomic mass is 10.1. The Morgan fingerprint density at radius 1 is 1.10 bits per heavy atom. The number of halogens is 5. The summed E-state index contributed by atoms with van der Waals surface area (Å²) >= 11 is 3.15. The van der Waals surface area contributed by atoms with E-state index in [9.17, 15) is 17.6 Å². The quantitative estimate of drug-likeness (QED) is 0.596. The number of nitrogen functional groups attached to an aromatic ring is 1. The second-order valence-corrected chi connectivity index (χ2v) is 4.88. The molecule has 2 aromatic rings. The van der Waals surface area contributed by atoms with Crippen molar-refractivity contribution < 1.29 is 17.6 Å². The highest BCUT2D eigenvalue weighted by Gasteiger charge is 2.30. The van der Waals surface area contributed by atoms with Crippen molar-refractivity contribution in [2.24, 2.45) is 0 Å². The number of anilines is 3. The standard InChI is InChI=1S/C13H9BrF4N2/c14-8-2-1-3-9(15)12(8)20-11-5-4-7(6-10(11)19)13(16,17)18/h1-6,20H,19H2. The highest BCUT2D eigenvalue weighted by atomic mass is 79.9. The fourth-order valence-corrected chi connectivity index (χ4v) is 2.05. The molecule has 2 nitrogen and oxygen atoms in total. The van der Waals surface area contributed by atoms with Gasteiger partial charge in [0, 0.05) is 4.47 Å². The van der Waals surface area contributed by atoms with Crippen LogP contribution in [0.3, 0.4) is 0 Å². The maximum absolute atomic E-state index is 13.6. The Morgan fingerprint density at radius 2 is 1.80 bits per heavy atom. The molecule has 7 heteroatoms. The number of benzene rings is 2. The van der Waals surface area contributed by atoms with Crippen molar-refractivity contribution in [3.63, 3.8) is 0 Å². The number of nitrogens with one attached hydrogen (secondary N) is 1. The zero-order chi connectivity index (χ0) is 14.9. The van der Waals surface area contributed by atoms with Gasteiger partial charge in [-0.05, 0) is 46.3 Å². The number of nitrogens with two attached hydrogens (primary N) is 1. The first-order valence-corrected chi connectivity index (χ1v) is 6.26. The van der Waals surface area contributed by atoms with Crippen molar-refractivity contribution >= 4 is 33.0 Å². The number of hydrogen-bond acceptors (Lipinski definition) is 2. The number of hydrogen-bond donors (Lipinski definition) is 2. The fraction of sp³-hybridized carbons (Fsp3) is 0.0769. The van der Waals surface area contributed by atoms with Gasteiger partial charge in [-0.15, -0.1) is 0 Å². The third-order valence-corrected chi connectivity index (χ3v) is 3.26. The van der Waals surface area contributed by atoms with Crippen molar-refractivity contribution in [3.8, 4) is 0 Å². The number of rotatable bonds is 2. The van der Waals surface area contributed by atoms with Crippen molar-refractivity contribution in [2.75, 3.05) is 11.1 Å². The Kier molecular flexibility index (Phi) is 3.89. The molecule has 0 heterocycles. The van der Waals surface area contributed by atoms with Crippen LogP contribution in [0.15, 0.2) is 40.9 Å². The molecule has 0 spiro atoms. The van der Waals surface area contributed by atoms with Gasteiger partial charge in [0.25, 0.3) is 0 Å². The lowest BCUT2D eigenvalue weighted by Gasteiger charge is -2.14. The molecule has 2 rings (SSSR count). The molecular formula is C13H9BrF4N2. The van der Waals surface area contributed by atoms with Crippen LogP contribution in [-0.2, 0) is 6.18 Å². The van der Waals surface area contributed by atoms with E-state index in [4.69, 9.17) is 5.73 Å². The van der Waals surface area contributed by atoms with Gasteiger partial charge in [0.1, 0.15) is 5.82 Å². The highest BCUT2D eigenvalue weighted by Crippen LogP contribution is 2.35. The average Bonchev–Trinajstić information content (AvgIpc) is 2.34. The Morgan fingerprint density at radius 3 is 2.35 bits per heavy atom. The van der Waals surface area contributed by atoms with Crippen LogP contribution < -0.4 is 11.1 Å². The summed E-state index contributed by atoms with van der Waals surface area (Å²) in [7, 11) is 0. The van der Waals surface area contributed by atoms with Gasteiger partial charge in [0.15, 0.2) is 0 Å². The SMILES string of the molecule is Nc1cc(C(F)(F)F)ccc1Nc1c(F)cccc1Br. The summed E-state index contributed by atoms with van der Waals surface area (Å²) in [5, 5.41) is 2.67. The van der Waals surface area contributed by atoms with Gasteiger partial charge in [0.2, 0.25) is 0 Å². The molecule has 0 radical (unpaired) electrons. The second kappa shape index (κ2) is 5.32. The third kappa shape index (κ3) is 3.04. The van der Waals surface area contributed by atoms with Crippen molar-refractivity contribution in [1.29, 1.82) is 0 Å². The van der Waals surface area contributed by atoms with E-state index in [-0.39, 0.29) is 17.1 Å². The number of para-hydroxylation sites is 1. The average molecular weight is 349 g/mol. The van der Waals surface area contributed by atoms with Gasteiger partial charge in [-0.1, -0.05) is 6.07 Å². The minimum Gasteiger partial charge on any atom is -0.397 e. The fourth-order valence-electron chi connectivity index (χ4n) is 1.60. The Hall–Kier alpha value is -1.76. The summed E-state index contributed by atoms with van der Waals surface area (Å²) < 4.78 is 51.6. The topological polar surface area (TPSA) is 38.0 Å². The van der Waals surface area contributed by atoms with E-state index in [0.29, 0.717) is 4.47 Å². The summed E-state index contributed by atoms with van der Waals surface area (Å²) in [6, 6.07) is 7.18. The predicted octanol–water partition coefficient (Wildman–Crippen LogP) is 4.93. The molecule has 0 saturated heterocycles.